The van der Waals surface area contributed by atoms with Crippen LogP contribution in [-0.2, 0) is 10.0 Å². The summed E-state index contributed by atoms with van der Waals surface area (Å²) in [6.45, 7) is 1.34. The largest absolute Gasteiger partial charge is 0.287 e. The van der Waals surface area contributed by atoms with Crippen molar-refractivity contribution in [1.82, 2.24) is 19.7 Å². The average Bonchev–Trinajstić information content (AvgIpc) is 2.96. The Bertz CT molecular complexity index is 1150. The van der Waals surface area contributed by atoms with Crippen LogP contribution in [0.2, 0.25) is 0 Å². The monoisotopic (exact) mass is 396 g/mol. The molecule has 1 amide bonds. The van der Waals surface area contributed by atoms with Crippen molar-refractivity contribution >= 4 is 15.9 Å². The van der Waals surface area contributed by atoms with Crippen molar-refractivity contribution in [3.05, 3.63) is 71.3 Å². The molecule has 3 rings (SSSR count). The third kappa shape index (κ3) is 3.53. The lowest BCUT2D eigenvalue weighted by molar-refractivity contribution is 0.0976. The zero-order valence-corrected chi connectivity index (χ0v) is 14.5. The topological polar surface area (TPSA) is 93.9 Å². The van der Waals surface area contributed by atoms with E-state index in [1.54, 1.807) is 4.72 Å². The van der Waals surface area contributed by atoms with Crippen LogP contribution in [0.15, 0.2) is 47.4 Å². The number of nitrogens with one attached hydrogen (secondary N) is 1. The number of hydrogen-bond acceptors (Lipinski definition) is 5. The molecule has 1 N–H and O–H groups in total. The van der Waals surface area contributed by atoms with Crippen LogP contribution in [-0.4, -0.2) is 29.3 Å². The second kappa shape index (κ2) is 6.83. The Morgan fingerprint density at radius 2 is 1.78 bits per heavy atom. The minimum absolute atomic E-state index is 0.00161. The van der Waals surface area contributed by atoms with Crippen LogP contribution >= 0.6 is 0 Å². The number of benzene rings is 2. The molecular weight excluding hydrogens is 385 g/mol. The van der Waals surface area contributed by atoms with Crippen LogP contribution in [0.4, 0.5) is 13.2 Å². The standard InChI is InChI=1S/C16H11F3N4O3S/c1-9-15(20-22-23(9)13-7-6-10(17)8-12(13)19)16(24)21-27(25,26)14-5-3-2-4-11(14)18/h2-8H,1H3,(H,21,24). The average molecular weight is 396 g/mol. The van der Waals surface area contributed by atoms with Crippen LogP contribution in [0, 0.1) is 24.4 Å². The van der Waals surface area contributed by atoms with Crippen molar-refractivity contribution in [2.24, 2.45) is 0 Å². The quantitative estimate of drug-likeness (QED) is 0.729. The second-order valence-corrected chi connectivity index (χ2v) is 7.05. The lowest BCUT2D eigenvalue weighted by Crippen LogP contribution is -2.32. The van der Waals surface area contributed by atoms with Crippen LogP contribution < -0.4 is 4.72 Å². The maximum atomic E-state index is 13.9. The number of aromatic nitrogens is 3. The number of carbonyl (C=O) groups excluding carboxylic acids is 1. The summed E-state index contributed by atoms with van der Waals surface area (Å²) in [5.41, 5.74) is -0.599. The molecule has 3 aromatic rings. The Labute approximate surface area is 151 Å². The van der Waals surface area contributed by atoms with E-state index in [-0.39, 0.29) is 11.4 Å². The highest BCUT2D eigenvalue weighted by Crippen LogP contribution is 2.18. The third-order valence-corrected chi connectivity index (χ3v) is 4.97. The minimum Gasteiger partial charge on any atom is -0.266 e. The zero-order valence-electron chi connectivity index (χ0n) is 13.6. The Hall–Kier alpha value is -3.21. The zero-order chi connectivity index (χ0) is 19.8. The number of rotatable bonds is 4. The van der Waals surface area contributed by atoms with Crippen molar-refractivity contribution in [2.45, 2.75) is 11.8 Å². The van der Waals surface area contributed by atoms with Crippen molar-refractivity contribution in [3.8, 4) is 5.69 Å². The SMILES string of the molecule is Cc1c(C(=O)NS(=O)(=O)c2ccccc2F)nnn1-c1ccc(F)cc1F. The molecule has 0 spiro atoms. The summed E-state index contributed by atoms with van der Waals surface area (Å²) in [5.74, 6) is -3.96. The summed E-state index contributed by atoms with van der Waals surface area (Å²) in [4.78, 5) is 11.6. The molecule has 0 fully saturated rings. The molecule has 27 heavy (non-hydrogen) atoms. The Balaban J connectivity index is 1.93. The van der Waals surface area contributed by atoms with E-state index < -0.39 is 44.0 Å². The van der Waals surface area contributed by atoms with E-state index in [1.807, 2.05) is 0 Å². The Morgan fingerprint density at radius 1 is 1.07 bits per heavy atom. The van der Waals surface area contributed by atoms with E-state index in [2.05, 4.69) is 10.3 Å². The molecule has 0 saturated carbocycles. The summed E-state index contributed by atoms with van der Waals surface area (Å²) in [5, 5.41) is 7.13. The number of halogens is 3. The lowest BCUT2D eigenvalue weighted by atomic mass is 10.2. The first-order valence-corrected chi connectivity index (χ1v) is 8.88. The van der Waals surface area contributed by atoms with Gasteiger partial charge in [0.05, 0.1) is 5.69 Å². The molecule has 0 aliphatic rings. The van der Waals surface area contributed by atoms with Gasteiger partial charge in [-0.15, -0.1) is 5.10 Å². The Kier molecular flexibility index (Phi) is 4.70. The number of sulfonamides is 1. The molecule has 0 saturated heterocycles. The fraction of sp³-hybridized carbons (Fsp3) is 0.0625. The van der Waals surface area contributed by atoms with Gasteiger partial charge in [-0.05, 0) is 31.2 Å². The molecule has 11 heteroatoms. The maximum absolute atomic E-state index is 13.9. The first-order valence-electron chi connectivity index (χ1n) is 7.40. The molecule has 7 nitrogen and oxygen atoms in total. The van der Waals surface area contributed by atoms with Gasteiger partial charge in [0, 0.05) is 6.07 Å². The van der Waals surface area contributed by atoms with Crippen LogP contribution in [0.1, 0.15) is 16.2 Å². The van der Waals surface area contributed by atoms with Crippen molar-refractivity contribution < 1.29 is 26.4 Å². The van der Waals surface area contributed by atoms with Gasteiger partial charge in [0.1, 0.15) is 22.2 Å². The van der Waals surface area contributed by atoms with Gasteiger partial charge in [-0.2, -0.15) is 0 Å². The van der Waals surface area contributed by atoms with Crippen LogP contribution in [0.5, 0.6) is 0 Å². The molecule has 1 aromatic heterocycles. The van der Waals surface area contributed by atoms with Gasteiger partial charge in [-0.25, -0.2) is 31.0 Å². The summed E-state index contributed by atoms with van der Waals surface area (Å²) < 4.78 is 67.6. The fourth-order valence-electron chi connectivity index (χ4n) is 2.31. The number of hydrogen-bond donors (Lipinski definition) is 1. The van der Waals surface area contributed by atoms with Gasteiger partial charge < -0.3 is 0 Å². The summed E-state index contributed by atoms with van der Waals surface area (Å²) >= 11 is 0. The van der Waals surface area contributed by atoms with Crippen molar-refractivity contribution in [3.63, 3.8) is 0 Å². The molecule has 0 radical (unpaired) electrons. The number of carbonyl (C=O) groups is 1. The number of nitrogens with zero attached hydrogens (tertiary/aromatic N) is 3. The van der Waals surface area contributed by atoms with E-state index in [4.69, 9.17) is 0 Å². The van der Waals surface area contributed by atoms with Crippen LogP contribution in [0.3, 0.4) is 0 Å². The van der Waals surface area contributed by atoms with Gasteiger partial charge in [0.2, 0.25) is 0 Å². The Morgan fingerprint density at radius 3 is 2.44 bits per heavy atom. The lowest BCUT2D eigenvalue weighted by Gasteiger charge is -2.07. The highest BCUT2D eigenvalue weighted by Gasteiger charge is 2.26. The van der Waals surface area contributed by atoms with E-state index in [0.717, 1.165) is 28.9 Å². The van der Waals surface area contributed by atoms with Gasteiger partial charge in [0.25, 0.3) is 15.9 Å². The molecule has 0 unspecified atom stereocenters. The number of amides is 1. The molecule has 0 bridgehead atoms. The smallest absolute Gasteiger partial charge is 0.266 e. The molecular formula is C16H11F3N4O3S. The minimum atomic E-state index is -4.50. The van der Waals surface area contributed by atoms with Crippen molar-refractivity contribution in [2.75, 3.05) is 0 Å². The first kappa shape index (κ1) is 18.6. The molecule has 0 aliphatic carbocycles. The molecule has 0 atom stereocenters. The normalized spacial score (nSPS) is 11.4. The third-order valence-electron chi connectivity index (χ3n) is 3.60. The van der Waals surface area contributed by atoms with E-state index in [1.165, 1.54) is 19.1 Å². The molecule has 1 heterocycles. The predicted molar refractivity (Wildman–Crippen MR) is 87.1 cm³/mol. The van der Waals surface area contributed by atoms with Gasteiger partial charge in [0.15, 0.2) is 11.5 Å². The molecule has 140 valence electrons. The van der Waals surface area contributed by atoms with E-state index >= 15 is 0 Å². The van der Waals surface area contributed by atoms with E-state index in [0.29, 0.717) is 6.07 Å². The molecule has 2 aromatic carbocycles. The summed E-state index contributed by atoms with van der Waals surface area (Å²) in [7, 11) is -4.50. The summed E-state index contributed by atoms with van der Waals surface area (Å²) in [6, 6.07) is 7.20. The van der Waals surface area contributed by atoms with Gasteiger partial charge >= 0.3 is 0 Å². The summed E-state index contributed by atoms with van der Waals surface area (Å²) in [6.07, 6.45) is 0. The van der Waals surface area contributed by atoms with Gasteiger partial charge in [-0.3, -0.25) is 4.79 Å². The van der Waals surface area contributed by atoms with E-state index in [9.17, 15) is 26.4 Å². The van der Waals surface area contributed by atoms with Gasteiger partial charge in [-0.1, -0.05) is 17.3 Å². The fourth-order valence-corrected chi connectivity index (χ4v) is 3.34. The second-order valence-electron chi connectivity index (χ2n) is 5.40. The highest BCUT2D eigenvalue weighted by molar-refractivity contribution is 7.90. The van der Waals surface area contributed by atoms with Crippen molar-refractivity contribution in [1.29, 1.82) is 0 Å². The van der Waals surface area contributed by atoms with Crippen LogP contribution in [0.25, 0.3) is 5.69 Å². The predicted octanol–water partition coefficient (Wildman–Crippen LogP) is 2.11. The highest BCUT2D eigenvalue weighted by atomic mass is 32.2. The molecule has 0 aliphatic heterocycles. The maximum Gasteiger partial charge on any atom is 0.287 e. The first-order chi connectivity index (χ1) is 12.7.